The highest BCUT2D eigenvalue weighted by molar-refractivity contribution is 5.88. The van der Waals surface area contributed by atoms with E-state index in [0.717, 1.165) is 25.7 Å². The Kier molecular flexibility index (Phi) is 8.54. The van der Waals surface area contributed by atoms with Gasteiger partial charge in [0.25, 0.3) is 0 Å². The molecule has 0 spiro atoms. The van der Waals surface area contributed by atoms with Crippen LogP contribution < -0.4 is 0 Å². The Morgan fingerprint density at radius 2 is 2.00 bits per heavy atom. The molecule has 0 rings (SSSR count). The zero-order valence-corrected chi connectivity index (χ0v) is 9.17. The van der Waals surface area contributed by atoms with E-state index in [4.69, 9.17) is 0 Å². The summed E-state index contributed by atoms with van der Waals surface area (Å²) in [6.07, 6.45) is 7.49. The lowest BCUT2D eigenvalue weighted by Gasteiger charge is -2.08. The molecule has 1 N–H and O–H groups in total. The zero-order chi connectivity index (χ0) is 10.8. The first-order valence-corrected chi connectivity index (χ1v) is 5.54. The predicted molar refractivity (Wildman–Crippen MR) is 59.2 cm³/mol. The average molecular weight is 198 g/mol. The van der Waals surface area contributed by atoms with Crippen molar-refractivity contribution >= 4 is 5.78 Å². The Morgan fingerprint density at radius 3 is 2.57 bits per heavy atom. The molecular weight excluding hydrogens is 176 g/mol. The molecule has 2 nitrogen and oxygen atoms in total. The highest BCUT2D eigenvalue weighted by Crippen LogP contribution is 2.09. The van der Waals surface area contributed by atoms with Crippen LogP contribution in [-0.4, -0.2) is 17.0 Å². The molecule has 0 aromatic rings. The molecule has 0 amide bonds. The molecular formula is C12H22O2. The van der Waals surface area contributed by atoms with Crippen LogP contribution in [0.15, 0.2) is 12.7 Å². The smallest absolute Gasteiger partial charge is 0.155 e. The van der Waals surface area contributed by atoms with Gasteiger partial charge in [-0.2, -0.15) is 0 Å². The molecule has 0 heterocycles. The number of carbonyl (C=O) groups is 1. The number of hydrogen-bond donors (Lipinski definition) is 1. The summed E-state index contributed by atoms with van der Waals surface area (Å²) >= 11 is 0. The van der Waals surface area contributed by atoms with Crippen LogP contribution >= 0.6 is 0 Å². The third-order valence-corrected chi connectivity index (χ3v) is 2.33. The van der Waals surface area contributed by atoms with Gasteiger partial charge in [0.1, 0.15) is 0 Å². The van der Waals surface area contributed by atoms with Crippen LogP contribution in [0.5, 0.6) is 0 Å². The molecule has 14 heavy (non-hydrogen) atoms. The van der Waals surface area contributed by atoms with E-state index >= 15 is 0 Å². The quantitative estimate of drug-likeness (QED) is 0.457. The van der Waals surface area contributed by atoms with E-state index in [-0.39, 0.29) is 11.9 Å². The molecule has 2 heteroatoms. The van der Waals surface area contributed by atoms with Gasteiger partial charge in [0.2, 0.25) is 0 Å². The second kappa shape index (κ2) is 8.95. The van der Waals surface area contributed by atoms with Crippen molar-refractivity contribution in [1.82, 2.24) is 0 Å². The normalized spacial score (nSPS) is 12.4. The van der Waals surface area contributed by atoms with Gasteiger partial charge in [-0.3, -0.25) is 4.79 Å². The molecule has 0 aromatic heterocycles. The molecule has 0 aliphatic carbocycles. The summed E-state index contributed by atoms with van der Waals surface area (Å²) in [4.78, 5) is 10.9. The average Bonchev–Trinajstić information content (AvgIpc) is 2.18. The monoisotopic (exact) mass is 198 g/mol. The molecule has 0 unspecified atom stereocenters. The number of aliphatic hydroxyl groups excluding tert-OH is 1. The summed E-state index contributed by atoms with van der Waals surface area (Å²) in [7, 11) is 0. The minimum absolute atomic E-state index is 0.0748. The number of rotatable bonds is 9. The van der Waals surface area contributed by atoms with Gasteiger partial charge in [0, 0.05) is 6.42 Å². The van der Waals surface area contributed by atoms with Gasteiger partial charge in [-0.05, 0) is 25.3 Å². The topological polar surface area (TPSA) is 37.3 Å². The highest BCUT2D eigenvalue weighted by Gasteiger charge is 2.04. The number of unbranched alkanes of at least 4 members (excludes halogenated alkanes) is 2. The van der Waals surface area contributed by atoms with E-state index in [1.807, 2.05) is 0 Å². The maximum Gasteiger partial charge on any atom is 0.155 e. The number of hydrogen-bond acceptors (Lipinski definition) is 2. The Morgan fingerprint density at radius 1 is 1.36 bits per heavy atom. The Balaban J connectivity index is 3.30. The van der Waals surface area contributed by atoms with Crippen LogP contribution in [-0.2, 0) is 4.79 Å². The highest BCUT2D eigenvalue weighted by atomic mass is 16.3. The fourth-order valence-corrected chi connectivity index (χ4v) is 1.39. The van der Waals surface area contributed by atoms with E-state index in [1.54, 1.807) is 0 Å². The lowest BCUT2D eigenvalue weighted by molar-refractivity contribution is -0.114. The molecule has 0 fully saturated rings. The van der Waals surface area contributed by atoms with E-state index in [1.165, 1.54) is 18.9 Å². The lowest BCUT2D eigenvalue weighted by Crippen LogP contribution is -2.07. The fraction of sp³-hybridized carbons (Fsp3) is 0.750. The Bertz CT molecular complexity index is 164. The van der Waals surface area contributed by atoms with E-state index in [2.05, 4.69) is 13.5 Å². The molecule has 0 bridgehead atoms. The van der Waals surface area contributed by atoms with Crippen molar-refractivity contribution in [3.63, 3.8) is 0 Å². The number of carbonyl (C=O) groups excluding carboxylic acids is 1. The maximum absolute atomic E-state index is 10.9. The van der Waals surface area contributed by atoms with Gasteiger partial charge < -0.3 is 5.11 Å². The first-order chi connectivity index (χ1) is 6.70. The molecule has 0 saturated heterocycles. The third kappa shape index (κ3) is 7.99. The van der Waals surface area contributed by atoms with Gasteiger partial charge in [-0.15, -0.1) is 0 Å². The van der Waals surface area contributed by atoms with Crippen molar-refractivity contribution in [3.05, 3.63) is 12.7 Å². The van der Waals surface area contributed by atoms with Gasteiger partial charge in [0.15, 0.2) is 5.78 Å². The minimum Gasteiger partial charge on any atom is -0.393 e. The minimum atomic E-state index is -0.223. The van der Waals surface area contributed by atoms with Crippen LogP contribution in [0.2, 0.25) is 0 Å². The summed E-state index contributed by atoms with van der Waals surface area (Å²) in [5.41, 5.74) is 0. The Labute approximate surface area is 87.0 Å². The SMILES string of the molecule is C=CC(=O)CCC[C@@H](O)CCCCC. The van der Waals surface area contributed by atoms with Gasteiger partial charge in [-0.25, -0.2) is 0 Å². The zero-order valence-electron chi connectivity index (χ0n) is 9.17. The largest absolute Gasteiger partial charge is 0.393 e. The summed E-state index contributed by atoms with van der Waals surface area (Å²) in [5, 5.41) is 9.52. The lowest BCUT2D eigenvalue weighted by atomic mass is 10.0. The summed E-state index contributed by atoms with van der Waals surface area (Å²) < 4.78 is 0. The molecule has 0 aliphatic heterocycles. The molecule has 0 saturated carbocycles. The van der Waals surface area contributed by atoms with Crippen molar-refractivity contribution in [2.45, 2.75) is 58.0 Å². The van der Waals surface area contributed by atoms with Crippen LogP contribution in [0, 0.1) is 0 Å². The maximum atomic E-state index is 10.9. The van der Waals surface area contributed by atoms with Crippen molar-refractivity contribution in [2.75, 3.05) is 0 Å². The van der Waals surface area contributed by atoms with Crippen molar-refractivity contribution in [2.24, 2.45) is 0 Å². The van der Waals surface area contributed by atoms with Gasteiger partial charge in [0.05, 0.1) is 6.10 Å². The number of allylic oxidation sites excluding steroid dienone is 1. The van der Waals surface area contributed by atoms with E-state index < -0.39 is 0 Å². The van der Waals surface area contributed by atoms with Crippen molar-refractivity contribution in [3.8, 4) is 0 Å². The number of ketones is 1. The van der Waals surface area contributed by atoms with Gasteiger partial charge >= 0.3 is 0 Å². The summed E-state index contributed by atoms with van der Waals surface area (Å²) in [6, 6.07) is 0. The van der Waals surface area contributed by atoms with Crippen LogP contribution in [0.3, 0.4) is 0 Å². The summed E-state index contributed by atoms with van der Waals surface area (Å²) in [6.45, 7) is 5.55. The first kappa shape index (κ1) is 13.4. The molecule has 1 atom stereocenters. The predicted octanol–water partition coefficient (Wildman–Crippen LogP) is 2.85. The van der Waals surface area contributed by atoms with Crippen molar-refractivity contribution < 1.29 is 9.90 Å². The van der Waals surface area contributed by atoms with Gasteiger partial charge in [-0.1, -0.05) is 32.8 Å². The first-order valence-electron chi connectivity index (χ1n) is 5.54. The molecule has 82 valence electrons. The standard InChI is InChI=1S/C12H22O2/c1-3-5-6-8-12(14)10-7-9-11(13)4-2/h4,12,14H,2-3,5-10H2,1H3/t12-/m0/s1. The third-order valence-electron chi connectivity index (χ3n) is 2.33. The fourth-order valence-electron chi connectivity index (χ4n) is 1.39. The molecule has 0 radical (unpaired) electrons. The van der Waals surface area contributed by atoms with E-state index in [0.29, 0.717) is 6.42 Å². The van der Waals surface area contributed by atoms with Crippen LogP contribution in [0.25, 0.3) is 0 Å². The van der Waals surface area contributed by atoms with Crippen molar-refractivity contribution in [1.29, 1.82) is 0 Å². The summed E-state index contributed by atoms with van der Waals surface area (Å²) in [5.74, 6) is 0.0748. The second-order valence-electron chi connectivity index (χ2n) is 3.71. The molecule has 0 aliphatic rings. The molecule has 0 aromatic carbocycles. The second-order valence-corrected chi connectivity index (χ2v) is 3.71. The number of aliphatic hydroxyl groups is 1. The Hall–Kier alpha value is -0.630. The van der Waals surface area contributed by atoms with E-state index in [9.17, 15) is 9.90 Å². The van der Waals surface area contributed by atoms with Crippen LogP contribution in [0.1, 0.15) is 51.9 Å². The van der Waals surface area contributed by atoms with Crippen LogP contribution in [0.4, 0.5) is 0 Å².